The molecule has 0 aromatic heterocycles. The van der Waals surface area contributed by atoms with Gasteiger partial charge in [-0.05, 0) is 0 Å². The Kier molecular flexibility index (Phi) is 16.7. The zero-order valence-electron chi connectivity index (χ0n) is 4.94. The van der Waals surface area contributed by atoms with Crippen LogP contribution in [0, 0.1) is 0 Å². The van der Waals surface area contributed by atoms with Crippen molar-refractivity contribution in [2.24, 2.45) is 0 Å². The molecular formula is C3H6K2Se2. The van der Waals surface area contributed by atoms with E-state index in [1.807, 2.05) is 0 Å². The van der Waals surface area contributed by atoms with Crippen molar-refractivity contribution in [3.05, 3.63) is 0 Å². The topological polar surface area (TPSA) is 0 Å². The maximum absolute atomic E-state index is 1.62. The molecule has 0 unspecified atom stereocenters. The molecule has 0 heterocycles. The average Bonchev–Trinajstić information content (AvgIpc) is 1.69. The Morgan fingerprint density at radius 1 is 1.00 bits per heavy atom. The molecule has 0 amide bonds. The molecule has 0 saturated carbocycles. The summed E-state index contributed by atoms with van der Waals surface area (Å²) >= 11 is 2.39. The van der Waals surface area contributed by atoms with E-state index in [1.54, 1.807) is 17.1 Å². The van der Waals surface area contributed by atoms with Gasteiger partial charge in [-0.15, -0.1) is 0 Å². The van der Waals surface area contributed by atoms with E-state index in [1.165, 1.54) is 90.8 Å². The fourth-order valence-electron chi connectivity index (χ4n) is 0.348. The van der Waals surface area contributed by atoms with E-state index in [-0.39, 0.29) is 0 Å². The Labute approximate surface area is 114 Å². The first-order valence-electron chi connectivity index (χ1n) is 2.39. The minimum atomic E-state index is 1.14. The molecule has 0 aromatic carbocycles. The first-order valence-corrected chi connectivity index (χ1v) is 21.5. The average molecular weight is 278 g/mol. The van der Waals surface area contributed by atoms with Gasteiger partial charge in [-0.3, -0.25) is 0 Å². The predicted molar refractivity (Wildman–Crippen MR) is 37.2 cm³/mol. The fraction of sp³-hybridized carbons (Fsp3) is 1.00. The first-order chi connectivity index (χ1) is 3.41. The van der Waals surface area contributed by atoms with E-state index in [4.69, 9.17) is 0 Å². The standard InChI is InChI=1S/C3H8Se2.2K/c4-2-1-3-5;;/h4-5H,1-3H2;;/q;2*+1/p-2. The third-order valence-corrected chi connectivity index (χ3v) is 10.2. The van der Waals surface area contributed by atoms with E-state index in [9.17, 15) is 0 Å². The molecule has 0 aliphatic heterocycles. The summed E-state index contributed by atoms with van der Waals surface area (Å²) in [6.07, 6.45) is 1.59. The zero-order valence-corrected chi connectivity index (χ0v) is 14.6. The van der Waals surface area contributed by atoms with Gasteiger partial charge in [0, 0.05) is 0 Å². The monoisotopic (exact) mass is 280 g/mol. The van der Waals surface area contributed by atoms with Crippen LogP contribution < -0.4 is 0 Å². The van der Waals surface area contributed by atoms with Crippen LogP contribution in [-0.2, 0) is 0 Å². The van der Waals surface area contributed by atoms with E-state index in [0.29, 0.717) is 0 Å². The number of hydrogen-bond acceptors (Lipinski definition) is 0. The van der Waals surface area contributed by atoms with Crippen LogP contribution in [0.5, 0.6) is 0 Å². The van der Waals surface area contributed by atoms with Crippen molar-refractivity contribution in [2.45, 2.75) is 17.1 Å². The normalized spacial score (nSPS) is 9.71. The Hall–Kier alpha value is 4.31. The molecule has 0 N–H and O–H groups in total. The van der Waals surface area contributed by atoms with Gasteiger partial charge in [-0.1, -0.05) is 0 Å². The molecule has 0 rings (SSSR count). The van der Waals surface area contributed by atoms with Crippen LogP contribution in [-0.4, -0.2) is 102 Å². The van der Waals surface area contributed by atoms with Crippen LogP contribution in [0.3, 0.4) is 0 Å². The number of rotatable bonds is 4. The van der Waals surface area contributed by atoms with Crippen LogP contribution in [0.4, 0.5) is 0 Å². The van der Waals surface area contributed by atoms with E-state index in [0.717, 1.165) is 11.2 Å². The van der Waals surface area contributed by atoms with E-state index >= 15 is 0 Å². The van der Waals surface area contributed by atoms with Crippen molar-refractivity contribution < 1.29 is 0 Å². The Bertz CT molecular complexity index is 30.1. The summed E-state index contributed by atoms with van der Waals surface area (Å²) in [6, 6.07) is 0. The van der Waals surface area contributed by atoms with E-state index < -0.39 is 0 Å². The van der Waals surface area contributed by atoms with Gasteiger partial charge in [0.15, 0.2) is 0 Å². The molecule has 0 saturated heterocycles. The summed E-state index contributed by atoms with van der Waals surface area (Å²) in [7, 11) is 0. The Morgan fingerprint density at radius 2 is 1.43 bits per heavy atom. The molecule has 4 heteroatoms. The first kappa shape index (κ1) is 11.3. The summed E-state index contributed by atoms with van der Waals surface area (Å²) in [4.78, 5) is 0. The van der Waals surface area contributed by atoms with Crippen molar-refractivity contribution in [3.8, 4) is 0 Å². The van der Waals surface area contributed by atoms with Crippen molar-refractivity contribution in [3.63, 3.8) is 0 Å². The van der Waals surface area contributed by atoms with Crippen molar-refractivity contribution in [1.29, 1.82) is 0 Å². The van der Waals surface area contributed by atoms with Crippen LogP contribution >= 0.6 is 0 Å². The second-order valence-corrected chi connectivity index (χ2v) is 14.8. The number of hydrogen-bond donors (Lipinski definition) is 0. The molecule has 0 nitrogen and oxygen atoms in total. The van der Waals surface area contributed by atoms with E-state index in [2.05, 4.69) is 0 Å². The summed E-state index contributed by atoms with van der Waals surface area (Å²) < 4.78 is 0. The van der Waals surface area contributed by atoms with Gasteiger partial charge in [0.1, 0.15) is 0 Å². The van der Waals surface area contributed by atoms with Gasteiger partial charge >= 0.3 is 119 Å². The Balaban J connectivity index is 2.45. The molecular weight excluding hydrogens is 272 g/mol. The van der Waals surface area contributed by atoms with Crippen molar-refractivity contribution in [2.75, 3.05) is 0 Å². The summed E-state index contributed by atoms with van der Waals surface area (Å²) in [5.41, 5.74) is 2.29. The van der Waals surface area contributed by atoms with Gasteiger partial charge in [-0.2, -0.15) is 0 Å². The van der Waals surface area contributed by atoms with Gasteiger partial charge < -0.3 is 0 Å². The third-order valence-electron chi connectivity index (χ3n) is 0.697. The quantitative estimate of drug-likeness (QED) is 0.493. The Morgan fingerprint density at radius 3 is 1.71 bits per heavy atom. The molecule has 0 radical (unpaired) electrons. The minimum absolute atomic E-state index is 1.14. The fourth-order valence-corrected chi connectivity index (χ4v) is 7.78. The van der Waals surface area contributed by atoms with Crippen LogP contribution in [0.2, 0.25) is 10.6 Å². The van der Waals surface area contributed by atoms with Crippen LogP contribution in [0.25, 0.3) is 0 Å². The second kappa shape index (κ2) is 10.3. The van der Waals surface area contributed by atoms with Gasteiger partial charge in [0.25, 0.3) is 0 Å². The molecule has 0 fully saturated rings. The molecule has 0 spiro atoms. The molecule has 0 aliphatic carbocycles. The van der Waals surface area contributed by atoms with Gasteiger partial charge in [-0.25, -0.2) is 0 Å². The van der Waals surface area contributed by atoms with Crippen molar-refractivity contribution >= 4 is 102 Å². The molecule has 32 valence electrons. The molecule has 0 aromatic rings. The molecule has 0 atom stereocenters. The molecule has 7 heavy (non-hydrogen) atoms. The van der Waals surface area contributed by atoms with Crippen LogP contribution in [0.15, 0.2) is 0 Å². The third kappa shape index (κ3) is 10.3. The van der Waals surface area contributed by atoms with Crippen molar-refractivity contribution in [1.82, 2.24) is 0 Å². The maximum atomic E-state index is 1.62. The summed E-state index contributed by atoms with van der Waals surface area (Å²) in [5.74, 6) is 0. The van der Waals surface area contributed by atoms with Gasteiger partial charge in [0.2, 0.25) is 0 Å². The molecule has 0 aliphatic rings. The predicted octanol–water partition coefficient (Wildman–Crippen LogP) is -0.212. The second-order valence-electron chi connectivity index (χ2n) is 1.34. The molecule has 0 bridgehead atoms. The summed E-state index contributed by atoms with van der Waals surface area (Å²) in [5, 5.41) is 3.23. The van der Waals surface area contributed by atoms with Gasteiger partial charge in [0.05, 0.1) is 0 Å². The zero-order chi connectivity index (χ0) is 5.54. The SMILES string of the molecule is [K][Se]CCC[Se][K]. The summed E-state index contributed by atoms with van der Waals surface area (Å²) in [6.45, 7) is 0. The van der Waals surface area contributed by atoms with Crippen LogP contribution in [0.1, 0.15) is 6.42 Å².